The van der Waals surface area contributed by atoms with Gasteiger partial charge in [-0.2, -0.15) is 9.49 Å². The van der Waals surface area contributed by atoms with E-state index in [1.54, 1.807) is 7.05 Å². The number of hydrogen-bond acceptors (Lipinski definition) is 9. The molecule has 4 heterocycles. The zero-order valence-electron chi connectivity index (χ0n) is 23.0. The largest absolute Gasteiger partial charge is 0.494 e. The van der Waals surface area contributed by atoms with E-state index in [9.17, 15) is 9.59 Å². The average Bonchev–Trinajstić information content (AvgIpc) is 3.67. The van der Waals surface area contributed by atoms with Crippen molar-refractivity contribution in [3.8, 4) is 16.9 Å². The van der Waals surface area contributed by atoms with E-state index in [-0.39, 0.29) is 46.4 Å². The molecule has 3 aromatic rings. The third-order valence-corrected chi connectivity index (χ3v) is 6.40. The molecule has 1 aliphatic heterocycles. The van der Waals surface area contributed by atoms with Crippen molar-refractivity contribution in [1.29, 1.82) is 0 Å². The van der Waals surface area contributed by atoms with Crippen molar-refractivity contribution in [3.05, 3.63) is 29.6 Å². The van der Waals surface area contributed by atoms with E-state index in [0.29, 0.717) is 22.7 Å². The molecule has 188 valence electrons. The molecule has 1 saturated carbocycles. The molecule has 13 heteroatoms. The molecular weight excluding hydrogens is 469 g/mol. The number of nitrogens with zero attached hydrogens (tertiary/aromatic N) is 6. The second-order valence-electron chi connectivity index (χ2n) is 8.69. The summed E-state index contributed by atoms with van der Waals surface area (Å²) in [7, 11) is 4.72. The lowest BCUT2D eigenvalue weighted by Crippen LogP contribution is -2.28. The number of anilines is 4. The van der Waals surface area contributed by atoms with Crippen LogP contribution in [-0.4, -0.2) is 57.9 Å². The second kappa shape index (κ2) is 8.73. The van der Waals surface area contributed by atoms with E-state index in [1.807, 2.05) is 17.1 Å². The maximum Gasteiger partial charge on any atom is 0.273 e. The molecule has 0 spiro atoms. The molecule has 0 unspecified atom stereocenters. The first kappa shape index (κ1) is 20.0. The number of aryl methyl sites for hydroxylation is 1. The third-order valence-electron chi connectivity index (χ3n) is 6.40. The van der Waals surface area contributed by atoms with Gasteiger partial charge < -0.3 is 25.6 Å². The maximum atomic E-state index is 15.3. The number of amides is 2. The molecule has 5 rings (SSSR count). The molecule has 3 N–H and O–H groups in total. The van der Waals surface area contributed by atoms with Gasteiger partial charge in [0.2, 0.25) is 11.9 Å². The van der Waals surface area contributed by atoms with Gasteiger partial charge >= 0.3 is 0 Å². The van der Waals surface area contributed by atoms with Gasteiger partial charge in [-0.1, -0.05) is 0 Å². The molecule has 2 aliphatic rings. The number of methoxy groups -OCH3 is 1. The molecule has 0 saturated heterocycles. The van der Waals surface area contributed by atoms with Crippen molar-refractivity contribution >= 4 is 34.8 Å². The van der Waals surface area contributed by atoms with Gasteiger partial charge in [0.15, 0.2) is 17.3 Å². The van der Waals surface area contributed by atoms with Gasteiger partial charge in [0.25, 0.3) is 5.91 Å². The van der Waals surface area contributed by atoms with E-state index in [2.05, 4.69) is 30.9 Å². The van der Waals surface area contributed by atoms with Gasteiger partial charge in [-0.25, -0.2) is 9.67 Å². The smallest absolute Gasteiger partial charge is 0.273 e. The highest BCUT2D eigenvalue weighted by molar-refractivity contribution is 6.01. The number of pyridine rings is 1. The number of nitrogens with one attached hydrogen (secondary N) is 3. The van der Waals surface area contributed by atoms with Crippen LogP contribution in [0.15, 0.2) is 12.3 Å². The summed E-state index contributed by atoms with van der Waals surface area (Å²) >= 11 is 0. The third kappa shape index (κ3) is 3.76. The molecular formula is C23H26FN9O3. The molecule has 3 aromatic heterocycles. The van der Waals surface area contributed by atoms with Crippen molar-refractivity contribution in [1.82, 2.24) is 30.3 Å². The molecule has 0 aromatic carbocycles. The number of carbonyl (C=O) groups excluding carboxylic acids is 2. The van der Waals surface area contributed by atoms with Crippen LogP contribution in [0.2, 0.25) is 0 Å². The van der Waals surface area contributed by atoms with E-state index >= 15 is 4.39 Å². The van der Waals surface area contributed by atoms with Gasteiger partial charge in [0.05, 0.1) is 47.5 Å². The van der Waals surface area contributed by atoms with Crippen LogP contribution in [0.1, 0.15) is 46.1 Å². The summed E-state index contributed by atoms with van der Waals surface area (Å²) in [5, 5.41) is 19.7. The predicted molar refractivity (Wildman–Crippen MR) is 130 cm³/mol. The normalized spacial score (nSPS) is 17.8. The molecule has 1 aliphatic carbocycles. The number of rotatable bonds is 6. The Hall–Kier alpha value is -4.29. The lowest BCUT2D eigenvalue weighted by Gasteiger charge is -2.34. The minimum atomic E-state index is -2.78. The molecule has 2 amide bonds. The van der Waals surface area contributed by atoms with Gasteiger partial charge in [-0.3, -0.25) is 9.59 Å². The summed E-state index contributed by atoms with van der Waals surface area (Å²) in [6.07, 6.45) is 2.93. The van der Waals surface area contributed by atoms with Crippen LogP contribution in [0.5, 0.6) is 5.75 Å². The van der Waals surface area contributed by atoms with Crippen molar-refractivity contribution in [2.24, 2.45) is 13.0 Å². The van der Waals surface area contributed by atoms with Crippen LogP contribution in [0.3, 0.4) is 0 Å². The monoisotopic (exact) mass is 498 g/mol. The SMILES string of the molecule is [2H]C([2H])([2H])NC(=O)c1nnc(NC(=O)C2CC2)cc1Nc1ncc(OC)c2c1N(C)[C@H](C)c1nn(C)c(F)c1-2. The first-order valence-electron chi connectivity index (χ1n) is 12.7. The summed E-state index contributed by atoms with van der Waals surface area (Å²) in [5.41, 5.74) is 1.29. The fourth-order valence-corrected chi connectivity index (χ4v) is 4.22. The molecule has 12 nitrogen and oxygen atoms in total. The number of carbonyl (C=O) groups is 2. The van der Waals surface area contributed by atoms with Gasteiger partial charge in [0, 0.05) is 37.2 Å². The summed E-state index contributed by atoms with van der Waals surface area (Å²) in [6, 6.07) is 1.00. The number of aromatic nitrogens is 5. The quantitative estimate of drug-likeness (QED) is 0.467. The average molecular weight is 499 g/mol. The Morgan fingerprint density at radius 1 is 1.25 bits per heavy atom. The Morgan fingerprint density at radius 2 is 2.03 bits per heavy atom. The zero-order valence-corrected chi connectivity index (χ0v) is 20.0. The van der Waals surface area contributed by atoms with Crippen LogP contribution >= 0.6 is 0 Å². The first-order chi connectivity index (χ1) is 18.4. The van der Waals surface area contributed by atoms with Crippen LogP contribution in [-0.2, 0) is 11.8 Å². The highest BCUT2D eigenvalue weighted by atomic mass is 19.1. The number of ether oxygens (including phenoxy) is 1. The highest BCUT2D eigenvalue weighted by Crippen LogP contribution is 2.51. The zero-order chi connectivity index (χ0) is 28.2. The highest BCUT2D eigenvalue weighted by Gasteiger charge is 2.37. The summed E-state index contributed by atoms with van der Waals surface area (Å²) in [5.74, 6) is -1.37. The Balaban J connectivity index is 1.63. The molecule has 0 radical (unpaired) electrons. The second-order valence-corrected chi connectivity index (χ2v) is 8.69. The first-order valence-corrected chi connectivity index (χ1v) is 11.2. The molecule has 36 heavy (non-hydrogen) atoms. The van der Waals surface area contributed by atoms with Crippen LogP contribution in [0.25, 0.3) is 11.1 Å². The number of hydrogen-bond donors (Lipinski definition) is 3. The Bertz CT molecular complexity index is 1490. The molecule has 1 fully saturated rings. The Morgan fingerprint density at radius 3 is 2.72 bits per heavy atom. The molecule has 1 atom stereocenters. The number of halogens is 1. The fourth-order valence-electron chi connectivity index (χ4n) is 4.22. The maximum absolute atomic E-state index is 15.3. The van der Waals surface area contributed by atoms with E-state index in [1.165, 1.54) is 26.4 Å². The Labute approximate surface area is 210 Å². The van der Waals surface area contributed by atoms with E-state index in [0.717, 1.165) is 17.5 Å². The van der Waals surface area contributed by atoms with Crippen molar-refractivity contribution < 1.29 is 22.8 Å². The lowest BCUT2D eigenvalue weighted by atomic mass is 9.94. The summed E-state index contributed by atoms with van der Waals surface area (Å²) in [6.45, 7) is -0.928. The Kier molecular flexibility index (Phi) is 4.84. The summed E-state index contributed by atoms with van der Waals surface area (Å²) < 4.78 is 44.2. The van der Waals surface area contributed by atoms with Gasteiger partial charge in [-0.05, 0) is 19.8 Å². The molecule has 0 bridgehead atoms. The van der Waals surface area contributed by atoms with E-state index < -0.39 is 18.8 Å². The predicted octanol–water partition coefficient (Wildman–Crippen LogP) is 2.38. The van der Waals surface area contributed by atoms with Crippen molar-refractivity contribution in [3.63, 3.8) is 0 Å². The van der Waals surface area contributed by atoms with Gasteiger partial charge in [-0.15, -0.1) is 10.2 Å². The van der Waals surface area contributed by atoms with Crippen molar-refractivity contribution in [2.75, 3.05) is 36.7 Å². The van der Waals surface area contributed by atoms with Crippen LogP contribution in [0.4, 0.5) is 27.4 Å². The number of fused-ring (bicyclic) bond motifs is 3. The summed E-state index contributed by atoms with van der Waals surface area (Å²) in [4.78, 5) is 31.4. The lowest BCUT2D eigenvalue weighted by molar-refractivity contribution is -0.117. The standard InChI is InChI=1S/C23H26FN9O3/c1-10-17-16(20(24)33(4)31-17)15-13(36-5)9-26-21(19(15)32(10)3)27-12-8-14(28-22(34)11-6-7-11)29-30-18(12)23(35)25-2/h8-11H,6-7H2,1-5H3,(H,25,35)(H2,26,27,28,29,34)/t10-/m1/s1/i2D3. The van der Waals surface area contributed by atoms with E-state index in [4.69, 9.17) is 8.85 Å². The van der Waals surface area contributed by atoms with Crippen LogP contribution in [0, 0.1) is 11.9 Å². The van der Waals surface area contributed by atoms with Gasteiger partial charge in [0.1, 0.15) is 5.75 Å². The topological polar surface area (TPSA) is 139 Å². The minimum Gasteiger partial charge on any atom is -0.494 e. The van der Waals surface area contributed by atoms with Crippen molar-refractivity contribution in [2.45, 2.75) is 25.8 Å². The minimum absolute atomic E-state index is 0.0243. The fraction of sp³-hybridized carbons (Fsp3) is 0.391. The van der Waals surface area contributed by atoms with Crippen LogP contribution < -0.4 is 25.6 Å².